The number of nitrogens with one attached hydrogen (secondary N) is 2. The maximum absolute atomic E-state index is 14.1. The fourth-order valence-electron chi connectivity index (χ4n) is 3.93. The van der Waals surface area contributed by atoms with Crippen LogP contribution < -0.4 is 10.6 Å². The van der Waals surface area contributed by atoms with E-state index in [2.05, 4.69) is 24.1 Å². The zero-order chi connectivity index (χ0) is 27.6. The van der Waals surface area contributed by atoms with Gasteiger partial charge >= 0.3 is 6.09 Å². The van der Waals surface area contributed by atoms with Gasteiger partial charge in [-0.3, -0.25) is 9.59 Å². The highest BCUT2D eigenvalue weighted by molar-refractivity contribution is 5.92. The van der Waals surface area contributed by atoms with Gasteiger partial charge in [-0.05, 0) is 57.7 Å². The minimum atomic E-state index is -0.957. The van der Waals surface area contributed by atoms with Crippen molar-refractivity contribution in [3.63, 3.8) is 0 Å². The summed E-state index contributed by atoms with van der Waals surface area (Å²) in [4.78, 5) is 41.8. The van der Waals surface area contributed by atoms with Crippen LogP contribution in [0.5, 0.6) is 0 Å². The maximum atomic E-state index is 14.1. The minimum Gasteiger partial charge on any atom is -0.444 e. The van der Waals surface area contributed by atoms with E-state index in [1.165, 1.54) is 4.90 Å². The van der Waals surface area contributed by atoms with E-state index in [0.29, 0.717) is 5.56 Å². The lowest BCUT2D eigenvalue weighted by Gasteiger charge is -2.34. The molecule has 0 aliphatic heterocycles. The summed E-state index contributed by atoms with van der Waals surface area (Å²) in [5.41, 5.74) is 1.94. The second-order valence-electron chi connectivity index (χ2n) is 10.3. The van der Waals surface area contributed by atoms with E-state index in [9.17, 15) is 14.4 Å². The number of hydrogen-bond donors (Lipinski definition) is 2. The van der Waals surface area contributed by atoms with Gasteiger partial charge in [0.25, 0.3) is 0 Å². The Bertz CT molecular complexity index is 1040. The number of aryl methyl sites for hydroxylation is 1. The summed E-state index contributed by atoms with van der Waals surface area (Å²) in [6.07, 6.45) is 1.98. The van der Waals surface area contributed by atoms with Crippen molar-refractivity contribution in [1.82, 2.24) is 15.5 Å². The Hall–Kier alpha value is -3.61. The van der Waals surface area contributed by atoms with E-state index in [4.69, 9.17) is 4.74 Å². The molecule has 2 aromatic rings. The number of nitrogens with zero attached hydrogens (tertiary/aromatic N) is 1. The first-order valence-electron chi connectivity index (χ1n) is 12.8. The molecule has 0 fully saturated rings. The van der Waals surface area contributed by atoms with Gasteiger partial charge in [-0.15, -0.1) is 6.58 Å². The van der Waals surface area contributed by atoms with E-state index >= 15 is 0 Å². The maximum Gasteiger partial charge on any atom is 0.408 e. The van der Waals surface area contributed by atoms with Gasteiger partial charge in [0.1, 0.15) is 17.7 Å². The molecule has 200 valence electrons. The Morgan fingerprint density at radius 3 is 2.11 bits per heavy atom. The topological polar surface area (TPSA) is 87.7 Å². The number of rotatable bonds is 11. The van der Waals surface area contributed by atoms with E-state index in [0.717, 1.165) is 17.5 Å². The van der Waals surface area contributed by atoms with Crippen LogP contribution in [0.15, 0.2) is 67.3 Å². The first-order chi connectivity index (χ1) is 17.4. The van der Waals surface area contributed by atoms with Crippen LogP contribution in [0.1, 0.15) is 64.3 Å². The lowest BCUT2D eigenvalue weighted by molar-refractivity contribution is -0.142. The molecule has 0 spiro atoms. The van der Waals surface area contributed by atoms with Crippen molar-refractivity contribution in [2.24, 2.45) is 0 Å². The summed E-state index contributed by atoms with van der Waals surface area (Å²) in [7, 11) is 0. The highest BCUT2D eigenvalue weighted by atomic mass is 16.6. The van der Waals surface area contributed by atoms with Crippen molar-refractivity contribution >= 4 is 17.9 Å². The predicted molar refractivity (Wildman–Crippen MR) is 147 cm³/mol. The Kier molecular flexibility index (Phi) is 10.9. The summed E-state index contributed by atoms with van der Waals surface area (Å²) < 4.78 is 5.45. The molecular weight excluding hydrogens is 466 g/mol. The zero-order valence-corrected chi connectivity index (χ0v) is 22.9. The van der Waals surface area contributed by atoms with E-state index in [1.807, 2.05) is 68.4 Å². The predicted octanol–water partition coefficient (Wildman–Crippen LogP) is 4.97. The van der Waals surface area contributed by atoms with Crippen molar-refractivity contribution in [2.75, 3.05) is 6.54 Å². The summed E-state index contributed by atoms with van der Waals surface area (Å²) >= 11 is 0. The number of carbonyl (C=O) groups excluding carboxylic acids is 3. The fourth-order valence-corrected chi connectivity index (χ4v) is 3.93. The van der Waals surface area contributed by atoms with Gasteiger partial charge in [0.05, 0.1) is 0 Å². The van der Waals surface area contributed by atoms with Gasteiger partial charge in [-0.2, -0.15) is 0 Å². The Morgan fingerprint density at radius 1 is 0.973 bits per heavy atom. The normalized spacial score (nSPS) is 12.8. The number of hydrogen-bond acceptors (Lipinski definition) is 4. The van der Waals surface area contributed by atoms with Crippen molar-refractivity contribution in [2.45, 2.75) is 78.1 Å². The first kappa shape index (κ1) is 29.6. The third-order valence-electron chi connectivity index (χ3n) is 5.58. The van der Waals surface area contributed by atoms with Crippen molar-refractivity contribution in [3.8, 4) is 0 Å². The summed E-state index contributed by atoms with van der Waals surface area (Å²) in [6, 6.07) is 15.1. The Morgan fingerprint density at radius 2 is 1.59 bits per heavy atom. The fraction of sp³-hybridized carbons (Fsp3) is 0.433. The molecule has 2 atom stereocenters. The molecular formula is C30H41N3O4. The highest BCUT2D eigenvalue weighted by Gasteiger charge is 2.36. The number of carbonyl (C=O) groups is 3. The summed E-state index contributed by atoms with van der Waals surface area (Å²) in [5.74, 6) is -0.705. The molecule has 0 saturated heterocycles. The molecule has 2 rings (SSSR count). The van der Waals surface area contributed by atoms with Gasteiger partial charge in [0.2, 0.25) is 11.8 Å². The van der Waals surface area contributed by atoms with Gasteiger partial charge in [-0.25, -0.2) is 4.79 Å². The number of ether oxygens (including phenoxy) is 1. The summed E-state index contributed by atoms with van der Waals surface area (Å²) in [5, 5.41) is 5.69. The quantitative estimate of drug-likeness (QED) is 0.421. The molecule has 7 nitrogen and oxygen atoms in total. The molecule has 0 aromatic heterocycles. The summed E-state index contributed by atoms with van der Waals surface area (Å²) in [6.45, 7) is 15.0. The van der Waals surface area contributed by atoms with Crippen LogP contribution in [0.25, 0.3) is 0 Å². The van der Waals surface area contributed by atoms with Crippen LogP contribution in [0.3, 0.4) is 0 Å². The highest BCUT2D eigenvalue weighted by Crippen LogP contribution is 2.24. The van der Waals surface area contributed by atoms with E-state index < -0.39 is 29.7 Å². The Labute approximate surface area is 221 Å². The van der Waals surface area contributed by atoms with E-state index in [-0.39, 0.29) is 24.9 Å². The van der Waals surface area contributed by atoms with Crippen LogP contribution in [0, 0.1) is 0 Å². The Balaban J connectivity index is 2.51. The smallest absolute Gasteiger partial charge is 0.408 e. The van der Waals surface area contributed by atoms with Crippen molar-refractivity contribution in [1.29, 1.82) is 0 Å². The molecule has 2 unspecified atom stereocenters. The van der Waals surface area contributed by atoms with Gasteiger partial charge < -0.3 is 20.3 Å². The monoisotopic (exact) mass is 507 g/mol. The van der Waals surface area contributed by atoms with Crippen LogP contribution in [-0.2, 0) is 27.2 Å². The SMILES string of the molecule is C=CCN(C(=O)C(Cc1ccccc1)NC(=O)OC(C)(C)C)C(C(=O)NC(C)C)c1ccc(CC)cc1. The second-order valence-corrected chi connectivity index (χ2v) is 10.3. The van der Waals surface area contributed by atoms with Gasteiger partial charge in [0.15, 0.2) is 0 Å². The standard InChI is InChI=1S/C30H41N3O4/c1-8-19-33(26(27(34)31-21(3)4)24-17-15-22(9-2)16-18-24)28(35)25(20-23-13-11-10-12-14-23)32-29(36)37-30(5,6)7/h8,10-18,21,25-26H,1,9,19-20H2,2-7H3,(H,31,34)(H,32,36). The third-order valence-corrected chi connectivity index (χ3v) is 5.58. The zero-order valence-electron chi connectivity index (χ0n) is 22.9. The minimum absolute atomic E-state index is 0.117. The second kappa shape index (κ2) is 13.6. The molecule has 2 aromatic carbocycles. The van der Waals surface area contributed by atoms with Crippen LogP contribution in [0.2, 0.25) is 0 Å². The van der Waals surface area contributed by atoms with Crippen molar-refractivity contribution < 1.29 is 19.1 Å². The number of alkyl carbamates (subject to hydrolysis) is 1. The molecule has 0 saturated carbocycles. The van der Waals surface area contributed by atoms with Gasteiger partial charge in [0, 0.05) is 19.0 Å². The average molecular weight is 508 g/mol. The molecule has 37 heavy (non-hydrogen) atoms. The molecule has 0 bridgehead atoms. The number of amides is 3. The molecule has 0 aliphatic carbocycles. The third kappa shape index (κ3) is 9.41. The van der Waals surface area contributed by atoms with Crippen molar-refractivity contribution in [3.05, 3.63) is 83.9 Å². The van der Waals surface area contributed by atoms with Crippen LogP contribution in [0.4, 0.5) is 4.79 Å². The van der Waals surface area contributed by atoms with Gasteiger partial charge in [-0.1, -0.05) is 67.6 Å². The molecule has 0 heterocycles. The molecule has 2 N–H and O–H groups in total. The molecule has 0 radical (unpaired) electrons. The molecule has 3 amide bonds. The average Bonchev–Trinajstić information content (AvgIpc) is 2.82. The lowest BCUT2D eigenvalue weighted by atomic mass is 9.99. The molecule has 0 aliphatic rings. The first-order valence-corrected chi connectivity index (χ1v) is 12.8. The lowest BCUT2D eigenvalue weighted by Crippen LogP contribution is -2.54. The van der Waals surface area contributed by atoms with E-state index in [1.54, 1.807) is 26.8 Å². The van der Waals surface area contributed by atoms with Crippen LogP contribution >= 0.6 is 0 Å². The van der Waals surface area contributed by atoms with Crippen LogP contribution in [-0.4, -0.2) is 47.0 Å². The largest absolute Gasteiger partial charge is 0.444 e. The number of benzene rings is 2. The molecule has 7 heteroatoms.